The summed E-state index contributed by atoms with van der Waals surface area (Å²) in [6.45, 7) is 5.74. The van der Waals surface area contributed by atoms with Gasteiger partial charge in [0.15, 0.2) is 5.78 Å². The van der Waals surface area contributed by atoms with E-state index in [0.29, 0.717) is 5.56 Å². The van der Waals surface area contributed by atoms with Gasteiger partial charge in [0.2, 0.25) is 0 Å². The van der Waals surface area contributed by atoms with Crippen molar-refractivity contribution >= 4 is 5.78 Å². The quantitative estimate of drug-likeness (QED) is 0.882. The van der Waals surface area contributed by atoms with Crippen LogP contribution in [0.1, 0.15) is 22.8 Å². The van der Waals surface area contributed by atoms with Crippen LogP contribution >= 0.6 is 0 Å². The Labute approximate surface area is 136 Å². The first-order valence-electron chi connectivity index (χ1n) is 7.87. The summed E-state index contributed by atoms with van der Waals surface area (Å²) in [4.78, 5) is 14.0. The van der Waals surface area contributed by atoms with Crippen LogP contribution in [0.3, 0.4) is 0 Å². The fourth-order valence-electron chi connectivity index (χ4n) is 2.93. The summed E-state index contributed by atoms with van der Waals surface area (Å²) in [6, 6.07) is 13.4. The lowest BCUT2D eigenvalue weighted by molar-refractivity contribution is 0.0342. The van der Waals surface area contributed by atoms with Gasteiger partial charge in [-0.25, -0.2) is 0 Å². The summed E-state index contributed by atoms with van der Waals surface area (Å²) < 4.78 is 5.40. The van der Waals surface area contributed by atoms with E-state index in [1.165, 1.54) is 12.5 Å². The molecule has 0 aromatic heterocycles. The zero-order chi connectivity index (χ0) is 16.2. The molecule has 0 atom stereocenters. The molecular weight excluding hydrogens is 290 g/mol. The highest BCUT2D eigenvalue weighted by molar-refractivity contribution is 5.98. The van der Waals surface area contributed by atoms with Crippen molar-refractivity contribution in [1.82, 2.24) is 4.90 Å². The second-order valence-electron chi connectivity index (χ2n) is 5.83. The SMILES string of the molecule is CC(=O)c1cc(-c2ccccc2CN2CCOCC2)ccc1O. The lowest BCUT2D eigenvalue weighted by Crippen LogP contribution is -2.35. The van der Waals surface area contributed by atoms with E-state index in [-0.39, 0.29) is 11.5 Å². The maximum absolute atomic E-state index is 11.7. The predicted molar refractivity (Wildman–Crippen MR) is 89.6 cm³/mol. The van der Waals surface area contributed by atoms with Crippen molar-refractivity contribution in [3.63, 3.8) is 0 Å². The average molecular weight is 311 g/mol. The van der Waals surface area contributed by atoms with Crippen molar-refractivity contribution in [3.05, 3.63) is 53.6 Å². The van der Waals surface area contributed by atoms with Gasteiger partial charge in [-0.2, -0.15) is 0 Å². The highest BCUT2D eigenvalue weighted by Crippen LogP contribution is 2.29. The second kappa shape index (κ2) is 6.94. The van der Waals surface area contributed by atoms with Gasteiger partial charge < -0.3 is 9.84 Å². The number of hydrogen-bond acceptors (Lipinski definition) is 4. The Morgan fingerprint density at radius 1 is 1.17 bits per heavy atom. The lowest BCUT2D eigenvalue weighted by atomic mass is 9.96. The summed E-state index contributed by atoms with van der Waals surface area (Å²) in [7, 11) is 0. The van der Waals surface area contributed by atoms with Crippen molar-refractivity contribution in [2.45, 2.75) is 13.5 Å². The third-order valence-electron chi connectivity index (χ3n) is 4.20. The van der Waals surface area contributed by atoms with E-state index in [0.717, 1.165) is 44.0 Å². The fourth-order valence-corrected chi connectivity index (χ4v) is 2.93. The third-order valence-corrected chi connectivity index (χ3v) is 4.20. The molecule has 1 heterocycles. The summed E-state index contributed by atoms with van der Waals surface area (Å²) in [5, 5.41) is 9.84. The van der Waals surface area contributed by atoms with E-state index in [2.05, 4.69) is 17.0 Å². The molecule has 1 aliphatic heterocycles. The average Bonchev–Trinajstić information content (AvgIpc) is 2.57. The van der Waals surface area contributed by atoms with E-state index < -0.39 is 0 Å². The van der Waals surface area contributed by atoms with Crippen molar-refractivity contribution in [3.8, 4) is 16.9 Å². The van der Waals surface area contributed by atoms with Crippen molar-refractivity contribution in [1.29, 1.82) is 0 Å². The number of hydrogen-bond donors (Lipinski definition) is 1. The molecular formula is C19H21NO3. The van der Waals surface area contributed by atoms with Gasteiger partial charge in [0.05, 0.1) is 18.8 Å². The Hall–Kier alpha value is -2.17. The van der Waals surface area contributed by atoms with Gasteiger partial charge in [-0.1, -0.05) is 30.3 Å². The monoisotopic (exact) mass is 311 g/mol. The highest BCUT2D eigenvalue weighted by Gasteiger charge is 2.15. The third kappa shape index (κ3) is 3.60. The number of benzene rings is 2. The van der Waals surface area contributed by atoms with Crippen LogP contribution in [0.25, 0.3) is 11.1 Å². The van der Waals surface area contributed by atoms with Gasteiger partial charge in [0.25, 0.3) is 0 Å². The Kier molecular flexibility index (Phi) is 4.74. The van der Waals surface area contributed by atoms with Crippen LogP contribution in [-0.2, 0) is 11.3 Å². The first kappa shape index (κ1) is 15.7. The fraction of sp³-hybridized carbons (Fsp3) is 0.316. The zero-order valence-corrected chi connectivity index (χ0v) is 13.3. The van der Waals surface area contributed by atoms with Crippen LogP contribution < -0.4 is 0 Å². The molecule has 1 aliphatic rings. The number of phenols is 1. The predicted octanol–water partition coefficient (Wildman–Crippen LogP) is 3.09. The maximum Gasteiger partial charge on any atom is 0.163 e. The minimum absolute atomic E-state index is 0.0342. The van der Waals surface area contributed by atoms with Crippen LogP contribution in [0.15, 0.2) is 42.5 Å². The molecule has 0 saturated carbocycles. The minimum atomic E-state index is -0.130. The van der Waals surface area contributed by atoms with E-state index in [4.69, 9.17) is 4.74 Å². The summed E-state index contributed by atoms with van der Waals surface area (Å²) in [5.41, 5.74) is 3.64. The molecule has 2 aromatic rings. The largest absolute Gasteiger partial charge is 0.507 e. The van der Waals surface area contributed by atoms with Crippen LogP contribution in [-0.4, -0.2) is 42.1 Å². The van der Waals surface area contributed by atoms with Crippen LogP contribution in [0.2, 0.25) is 0 Å². The molecule has 0 radical (unpaired) electrons. The summed E-state index contributed by atoms with van der Waals surface area (Å²) in [5.74, 6) is -0.0954. The number of carbonyl (C=O) groups is 1. The number of rotatable bonds is 4. The number of ketones is 1. The lowest BCUT2D eigenvalue weighted by Gasteiger charge is -2.27. The molecule has 1 N–H and O–H groups in total. The van der Waals surface area contributed by atoms with Gasteiger partial charge in [0.1, 0.15) is 5.75 Å². The van der Waals surface area contributed by atoms with E-state index in [9.17, 15) is 9.90 Å². The standard InChI is InChI=1S/C19H21NO3/c1-14(21)18-12-15(6-7-19(18)22)17-5-3-2-4-16(17)13-20-8-10-23-11-9-20/h2-7,12,22H,8-11,13H2,1H3. The van der Waals surface area contributed by atoms with E-state index >= 15 is 0 Å². The molecule has 0 unspecified atom stereocenters. The van der Waals surface area contributed by atoms with Crippen LogP contribution in [0.5, 0.6) is 5.75 Å². The van der Waals surface area contributed by atoms with E-state index in [1.807, 2.05) is 18.2 Å². The first-order chi connectivity index (χ1) is 11.1. The maximum atomic E-state index is 11.7. The van der Waals surface area contributed by atoms with Crippen molar-refractivity contribution < 1.29 is 14.6 Å². The highest BCUT2D eigenvalue weighted by atomic mass is 16.5. The summed E-state index contributed by atoms with van der Waals surface area (Å²) >= 11 is 0. The Morgan fingerprint density at radius 2 is 1.91 bits per heavy atom. The van der Waals surface area contributed by atoms with Crippen LogP contribution in [0.4, 0.5) is 0 Å². The van der Waals surface area contributed by atoms with Crippen LogP contribution in [0, 0.1) is 0 Å². The van der Waals surface area contributed by atoms with Gasteiger partial charge in [-0.15, -0.1) is 0 Å². The molecule has 4 nitrogen and oxygen atoms in total. The molecule has 0 spiro atoms. The molecule has 3 rings (SSSR count). The second-order valence-corrected chi connectivity index (χ2v) is 5.83. The number of phenolic OH excluding ortho intramolecular Hbond substituents is 1. The van der Waals surface area contributed by atoms with Gasteiger partial charge in [-0.3, -0.25) is 9.69 Å². The topological polar surface area (TPSA) is 49.8 Å². The molecule has 4 heteroatoms. The zero-order valence-electron chi connectivity index (χ0n) is 13.3. The molecule has 120 valence electrons. The van der Waals surface area contributed by atoms with Gasteiger partial charge in [0, 0.05) is 19.6 Å². The molecule has 2 aromatic carbocycles. The van der Waals surface area contributed by atoms with E-state index in [1.54, 1.807) is 12.1 Å². The number of Topliss-reactive ketones (excluding diaryl/α,β-unsaturated/α-hetero) is 1. The van der Waals surface area contributed by atoms with Gasteiger partial charge in [-0.05, 0) is 35.7 Å². The normalized spacial score (nSPS) is 15.5. The van der Waals surface area contributed by atoms with Gasteiger partial charge >= 0.3 is 0 Å². The summed E-state index contributed by atoms with van der Waals surface area (Å²) in [6.07, 6.45) is 0. The number of nitrogens with zero attached hydrogens (tertiary/aromatic N) is 1. The Bertz CT molecular complexity index is 706. The Morgan fingerprint density at radius 3 is 2.65 bits per heavy atom. The molecule has 1 saturated heterocycles. The molecule has 1 fully saturated rings. The first-order valence-corrected chi connectivity index (χ1v) is 7.87. The molecule has 0 bridgehead atoms. The molecule has 0 aliphatic carbocycles. The molecule has 0 amide bonds. The molecule has 23 heavy (non-hydrogen) atoms. The Balaban J connectivity index is 1.93. The number of ether oxygens (including phenoxy) is 1. The number of morpholine rings is 1. The van der Waals surface area contributed by atoms with Crippen molar-refractivity contribution in [2.24, 2.45) is 0 Å². The number of carbonyl (C=O) groups excluding carboxylic acids is 1. The number of aromatic hydroxyl groups is 1. The minimum Gasteiger partial charge on any atom is -0.507 e. The smallest absolute Gasteiger partial charge is 0.163 e. The van der Waals surface area contributed by atoms with Crippen molar-refractivity contribution in [2.75, 3.05) is 26.3 Å².